The molecule has 2 heterocycles. The molecule has 0 spiro atoms. The Morgan fingerprint density at radius 3 is 2.88 bits per heavy atom. The number of allylic oxidation sites excluding steroid dienone is 2. The van der Waals surface area contributed by atoms with Gasteiger partial charge in [-0.1, -0.05) is 17.7 Å². The zero-order chi connectivity index (χ0) is 17.7. The quantitative estimate of drug-likeness (QED) is 0.518. The van der Waals surface area contributed by atoms with Crippen molar-refractivity contribution in [2.45, 2.75) is 19.1 Å². The minimum absolute atomic E-state index is 0.134. The van der Waals surface area contributed by atoms with E-state index >= 15 is 0 Å². The van der Waals surface area contributed by atoms with E-state index in [0.29, 0.717) is 29.4 Å². The van der Waals surface area contributed by atoms with Gasteiger partial charge in [-0.2, -0.15) is 13.2 Å². The van der Waals surface area contributed by atoms with E-state index in [1.54, 1.807) is 31.5 Å². The van der Waals surface area contributed by atoms with Gasteiger partial charge in [-0.05, 0) is 24.8 Å². The maximum atomic E-state index is 12.2. The van der Waals surface area contributed by atoms with E-state index in [2.05, 4.69) is 15.6 Å². The van der Waals surface area contributed by atoms with Crippen molar-refractivity contribution >= 4 is 17.8 Å². The third-order valence-corrected chi connectivity index (χ3v) is 3.61. The van der Waals surface area contributed by atoms with Crippen LogP contribution in [0.1, 0.15) is 6.92 Å². The lowest BCUT2D eigenvalue weighted by atomic mass is 10.1. The van der Waals surface area contributed by atoms with Crippen LogP contribution in [0, 0.1) is 0 Å². The van der Waals surface area contributed by atoms with Crippen LogP contribution in [0.2, 0.25) is 0 Å². The predicted octanol–water partition coefficient (Wildman–Crippen LogP) is 2.29. The molecule has 0 aliphatic carbocycles. The summed E-state index contributed by atoms with van der Waals surface area (Å²) in [5.41, 5.74) is 8.07. The van der Waals surface area contributed by atoms with Gasteiger partial charge in [0.1, 0.15) is 5.16 Å². The number of hydrogen-bond donors (Lipinski definition) is 3. The molecular weight excluding hydrogens is 345 g/mol. The topological polar surface area (TPSA) is 71.7 Å². The summed E-state index contributed by atoms with van der Waals surface area (Å²) in [7, 11) is 0. The van der Waals surface area contributed by atoms with E-state index in [0.717, 1.165) is 5.57 Å². The molecule has 24 heavy (non-hydrogen) atoms. The van der Waals surface area contributed by atoms with Crippen molar-refractivity contribution in [3.63, 3.8) is 0 Å². The van der Waals surface area contributed by atoms with Crippen LogP contribution in [-0.4, -0.2) is 38.1 Å². The first kappa shape index (κ1) is 18.4. The molecule has 0 saturated carbocycles. The van der Waals surface area contributed by atoms with Gasteiger partial charge < -0.3 is 21.1 Å². The van der Waals surface area contributed by atoms with Gasteiger partial charge in [-0.15, -0.1) is 0 Å². The summed E-state index contributed by atoms with van der Waals surface area (Å²) in [6.45, 7) is 1.09. The average molecular weight is 363 g/mol. The Bertz CT molecular complexity index is 635. The van der Waals surface area contributed by atoms with E-state index in [4.69, 9.17) is 22.1 Å². The Balaban J connectivity index is 1.95. The fraction of sp³-hybridized carbons (Fsp3) is 0.400. The number of aliphatic imine (C=N–C) groups is 1. The van der Waals surface area contributed by atoms with Crippen LogP contribution in [-0.2, 0) is 4.74 Å². The molecule has 1 unspecified atom stereocenters. The van der Waals surface area contributed by atoms with Crippen molar-refractivity contribution in [3.05, 3.63) is 46.1 Å². The first-order chi connectivity index (χ1) is 11.3. The normalized spacial score (nSPS) is 21.8. The summed E-state index contributed by atoms with van der Waals surface area (Å²) in [5, 5.41) is 6.09. The van der Waals surface area contributed by atoms with Crippen LogP contribution in [0.15, 0.2) is 51.1 Å². The first-order valence-corrected chi connectivity index (χ1v) is 7.56. The number of rotatable bonds is 5. The molecule has 0 bridgehead atoms. The molecule has 132 valence electrons. The second-order valence-corrected chi connectivity index (χ2v) is 5.72. The molecule has 5 nitrogen and oxygen atoms in total. The number of alkyl halides is 3. The molecule has 1 atom stereocenters. The zero-order valence-corrected chi connectivity index (χ0v) is 13.7. The molecule has 0 radical (unpaired) electrons. The van der Waals surface area contributed by atoms with Gasteiger partial charge in [0, 0.05) is 23.9 Å². The van der Waals surface area contributed by atoms with Crippen LogP contribution in [0.5, 0.6) is 0 Å². The highest BCUT2D eigenvalue weighted by Crippen LogP contribution is 2.19. The fourth-order valence-corrected chi connectivity index (χ4v) is 2.38. The standard InChI is InChI=1S/C15H18ClF3N4O/c1-9-4-10(6-23-14(9)24-8-15(17,18)19)5-21-7-11-12(20)2-3-22-13(11)16/h2-4,7,12,22-23H,5-6,8,20H2,1H3. The lowest BCUT2D eigenvalue weighted by Gasteiger charge is -2.21. The van der Waals surface area contributed by atoms with Gasteiger partial charge in [-0.3, -0.25) is 4.99 Å². The molecule has 0 saturated heterocycles. The number of hydrogen-bond acceptors (Lipinski definition) is 5. The third kappa shape index (κ3) is 5.31. The molecule has 0 aromatic carbocycles. The van der Waals surface area contributed by atoms with Crippen molar-refractivity contribution in [3.8, 4) is 0 Å². The van der Waals surface area contributed by atoms with Crippen molar-refractivity contribution in [2.24, 2.45) is 10.7 Å². The van der Waals surface area contributed by atoms with Crippen LogP contribution in [0.4, 0.5) is 13.2 Å². The molecule has 2 rings (SSSR count). The summed E-state index contributed by atoms with van der Waals surface area (Å²) in [4.78, 5) is 4.29. The van der Waals surface area contributed by atoms with E-state index in [1.807, 2.05) is 0 Å². The second-order valence-electron chi connectivity index (χ2n) is 5.34. The lowest BCUT2D eigenvalue weighted by molar-refractivity contribution is -0.166. The Morgan fingerprint density at radius 2 is 2.25 bits per heavy atom. The van der Waals surface area contributed by atoms with Gasteiger partial charge in [0.25, 0.3) is 0 Å². The predicted molar refractivity (Wildman–Crippen MR) is 87.3 cm³/mol. The largest absolute Gasteiger partial charge is 0.469 e. The van der Waals surface area contributed by atoms with Crippen LogP contribution in [0.3, 0.4) is 0 Å². The van der Waals surface area contributed by atoms with Crippen LogP contribution in [0.25, 0.3) is 0 Å². The number of nitrogens with zero attached hydrogens (tertiary/aromatic N) is 1. The highest BCUT2D eigenvalue weighted by Gasteiger charge is 2.29. The number of halogens is 4. The van der Waals surface area contributed by atoms with E-state index in [1.165, 1.54) is 0 Å². The highest BCUT2D eigenvalue weighted by atomic mass is 35.5. The molecule has 0 aromatic rings. The molecule has 9 heteroatoms. The van der Waals surface area contributed by atoms with Gasteiger partial charge in [0.05, 0.1) is 12.6 Å². The Labute approximate surface area is 142 Å². The fourth-order valence-electron chi connectivity index (χ4n) is 2.14. The number of dihydropyridines is 2. The summed E-state index contributed by atoms with van der Waals surface area (Å²) < 4.78 is 41.3. The smallest absolute Gasteiger partial charge is 0.422 e. The maximum absolute atomic E-state index is 12.2. The highest BCUT2D eigenvalue weighted by molar-refractivity contribution is 6.31. The number of nitrogens with one attached hydrogen (secondary N) is 2. The molecule has 4 N–H and O–H groups in total. The van der Waals surface area contributed by atoms with Gasteiger partial charge in [0.15, 0.2) is 12.5 Å². The summed E-state index contributed by atoms with van der Waals surface area (Å²) in [6.07, 6.45) is 2.41. The molecule has 0 aromatic heterocycles. The first-order valence-electron chi connectivity index (χ1n) is 7.18. The van der Waals surface area contributed by atoms with E-state index in [9.17, 15) is 13.2 Å². The lowest BCUT2D eigenvalue weighted by Crippen LogP contribution is -2.28. The van der Waals surface area contributed by atoms with Crippen molar-refractivity contribution in [2.75, 3.05) is 19.7 Å². The molecule has 2 aliphatic heterocycles. The van der Waals surface area contributed by atoms with Crippen molar-refractivity contribution in [1.29, 1.82) is 0 Å². The van der Waals surface area contributed by atoms with Gasteiger partial charge in [-0.25, -0.2) is 0 Å². The maximum Gasteiger partial charge on any atom is 0.422 e. The van der Waals surface area contributed by atoms with Gasteiger partial charge in [0.2, 0.25) is 0 Å². The SMILES string of the molecule is CC1=C(OCC(F)(F)F)NCC(CN=CC2=C(Cl)NC=CC2N)=C1. The summed E-state index contributed by atoms with van der Waals surface area (Å²) >= 11 is 6.02. The van der Waals surface area contributed by atoms with Crippen molar-refractivity contribution in [1.82, 2.24) is 10.6 Å². The third-order valence-electron chi connectivity index (χ3n) is 3.29. The summed E-state index contributed by atoms with van der Waals surface area (Å²) in [5.74, 6) is 0.134. The average Bonchev–Trinajstić information content (AvgIpc) is 2.48. The summed E-state index contributed by atoms with van der Waals surface area (Å²) in [6, 6.07) is -0.329. The second kappa shape index (κ2) is 7.76. The minimum Gasteiger partial charge on any atom is -0.469 e. The van der Waals surface area contributed by atoms with Crippen LogP contribution >= 0.6 is 11.6 Å². The van der Waals surface area contributed by atoms with Crippen LogP contribution < -0.4 is 16.4 Å². The van der Waals surface area contributed by atoms with E-state index < -0.39 is 12.8 Å². The Hall–Kier alpha value is -1.93. The Morgan fingerprint density at radius 1 is 1.50 bits per heavy atom. The molecular formula is C15H18ClF3N4O. The molecule has 0 amide bonds. The Kier molecular flexibility index (Phi) is 5.95. The minimum atomic E-state index is -4.36. The zero-order valence-electron chi connectivity index (χ0n) is 13.0. The van der Waals surface area contributed by atoms with E-state index in [-0.39, 0.29) is 11.9 Å². The van der Waals surface area contributed by atoms with Crippen molar-refractivity contribution < 1.29 is 17.9 Å². The molecule has 2 aliphatic rings. The number of ether oxygens (including phenoxy) is 1. The number of nitrogens with two attached hydrogens (primary N) is 1. The van der Waals surface area contributed by atoms with Gasteiger partial charge >= 0.3 is 6.18 Å². The molecule has 0 fully saturated rings. The monoisotopic (exact) mass is 362 g/mol.